The molecule has 2 nitrogen and oxygen atoms in total. The van der Waals surface area contributed by atoms with Crippen molar-refractivity contribution in [3.05, 3.63) is 35.4 Å². The third-order valence-electron chi connectivity index (χ3n) is 2.43. The van der Waals surface area contributed by atoms with Gasteiger partial charge in [-0.1, -0.05) is 25.1 Å². The Kier molecular flexibility index (Phi) is 4.53. The topological polar surface area (TPSA) is 35.8 Å². The Morgan fingerprint density at radius 2 is 2.00 bits per heavy atom. The average molecular weight is 242 g/mol. The van der Waals surface area contributed by atoms with Crippen LogP contribution in [-0.4, -0.2) is 6.04 Å². The molecule has 5 heteroatoms. The van der Waals surface area contributed by atoms with Crippen molar-refractivity contribution in [3.8, 4) is 6.07 Å². The number of halogens is 3. The molecule has 1 atom stereocenters. The van der Waals surface area contributed by atoms with Gasteiger partial charge < -0.3 is 0 Å². The molecule has 1 N–H and O–H groups in total. The summed E-state index contributed by atoms with van der Waals surface area (Å²) in [5.41, 5.74) is -0.492. The highest BCUT2D eigenvalue weighted by Crippen LogP contribution is 2.31. The molecule has 17 heavy (non-hydrogen) atoms. The number of nitrogens with one attached hydrogen (secondary N) is 1. The van der Waals surface area contributed by atoms with Crippen LogP contribution in [0.25, 0.3) is 0 Å². The molecule has 0 aliphatic carbocycles. The number of hydrogen-bond acceptors (Lipinski definition) is 2. The Labute approximate surface area is 98.1 Å². The predicted molar refractivity (Wildman–Crippen MR) is 58.0 cm³/mol. The number of nitriles is 1. The molecule has 0 spiro atoms. The van der Waals surface area contributed by atoms with Gasteiger partial charge >= 0.3 is 6.18 Å². The van der Waals surface area contributed by atoms with Crippen LogP contribution in [0.2, 0.25) is 0 Å². The van der Waals surface area contributed by atoms with Crippen molar-refractivity contribution in [2.45, 2.75) is 32.1 Å². The maximum atomic E-state index is 12.6. The fraction of sp³-hybridized carbons (Fsp3) is 0.417. The molecule has 1 aromatic carbocycles. The second kappa shape index (κ2) is 5.69. The third-order valence-corrected chi connectivity index (χ3v) is 2.43. The quantitative estimate of drug-likeness (QED) is 0.880. The first-order valence-corrected chi connectivity index (χ1v) is 5.27. The van der Waals surface area contributed by atoms with E-state index in [1.165, 1.54) is 12.1 Å². The first-order valence-electron chi connectivity index (χ1n) is 5.27. The summed E-state index contributed by atoms with van der Waals surface area (Å²) < 4.78 is 37.9. The molecule has 0 aliphatic heterocycles. The van der Waals surface area contributed by atoms with E-state index in [4.69, 9.17) is 5.26 Å². The smallest absolute Gasteiger partial charge is 0.298 e. The summed E-state index contributed by atoms with van der Waals surface area (Å²) in [5.74, 6) is 0. The van der Waals surface area contributed by atoms with Crippen molar-refractivity contribution in [2.24, 2.45) is 0 Å². The van der Waals surface area contributed by atoms with Gasteiger partial charge in [-0.3, -0.25) is 5.32 Å². The van der Waals surface area contributed by atoms with Crippen molar-refractivity contribution in [3.63, 3.8) is 0 Å². The minimum Gasteiger partial charge on any atom is -0.298 e. The van der Waals surface area contributed by atoms with Crippen LogP contribution in [0, 0.1) is 11.3 Å². The van der Waals surface area contributed by atoms with Crippen LogP contribution in [0.4, 0.5) is 13.2 Å². The van der Waals surface area contributed by atoms with E-state index in [0.29, 0.717) is 6.42 Å². The lowest BCUT2D eigenvalue weighted by atomic mass is 10.1. The molecule has 0 saturated heterocycles. The van der Waals surface area contributed by atoms with Crippen LogP contribution in [0.1, 0.15) is 24.5 Å². The Bertz CT molecular complexity index is 407. The van der Waals surface area contributed by atoms with Gasteiger partial charge in [0.25, 0.3) is 0 Å². The van der Waals surface area contributed by atoms with Crippen LogP contribution >= 0.6 is 0 Å². The van der Waals surface area contributed by atoms with Gasteiger partial charge in [0.15, 0.2) is 0 Å². The lowest BCUT2D eigenvalue weighted by molar-refractivity contribution is -0.138. The summed E-state index contributed by atoms with van der Waals surface area (Å²) >= 11 is 0. The summed E-state index contributed by atoms with van der Waals surface area (Å²) in [6, 6.07) is 6.94. The molecule has 0 heterocycles. The molecule has 0 fully saturated rings. The monoisotopic (exact) mass is 242 g/mol. The SMILES string of the molecule is CCC(C#N)NCc1ccccc1C(F)(F)F. The van der Waals surface area contributed by atoms with Gasteiger partial charge in [-0.15, -0.1) is 0 Å². The van der Waals surface area contributed by atoms with E-state index in [1.54, 1.807) is 13.0 Å². The molecule has 1 rings (SSSR count). The van der Waals surface area contributed by atoms with E-state index < -0.39 is 17.8 Å². The highest BCUT2D eigenvalue weighted by molar-refractivity contribution is 5.29. The van der Waals surface area contributed by atoms with E-state index in [9.17, 15) is 13.2 Å². The predicted octanol–water partition coefficient (Wildman–Crippen LogP) is 3.10. The van der Waals surface area contributed by atoms with Crippen LogP contribution in [0.15, 0.2) is 24.3 Å². The molecule has 0 amide bonds. The van der Waals surface area contributed by atoms with Gasteiger partial charge in [-0.2, -0.15) is 18.4 Å². The maximum absolute atomic E-state index is 12.6. The normalized spacial score (nSPS) is 13.1. The molecular weight excluding hydrogens is 229 g/mol. The standard InChI is InChI=1S/C12H13F3N2/c1-2-10(7-16)17-8-9-5-3-4-6-11(9)12(13,14)15/h3-6,10,17H,2,8H2,1H3. The van der Waals surface area contributed by atoms with E-state index in [1.807, 2.05) is 6.07 Å². The largest absolute Gasteiger partial charge is 0.416 e. The van der Waals surface area contributed by atoms with Gasteiger partial charge in [0.05, 0.1) is 17.7 Å². The Morgan fingerprint density at radius 1 is 1.35 bits per heavy atom. The van der Waals surface area contributed by atoms with Crippen molar-refractivity contribution >= 4 is 0 Å². The Morgan fingerprint density at radius 3 is 2.53 bits per heavy atom. The summed E-state index contributed by atoms with van der Waals surface area (Å²) in [6.45, 7) is 1.85. The highest BCUT2D eigenvalue weighted by atomic mass is 19.4. The van der Waals surface area contributed by atoms with Crippen molar-refractivity contribution in [1.29, 1.82) is 5.26 Å². The molecule has 0 aliphatic rings. The molecule has 1 aromatic rings. The van der Waals surface area contributed by atoms with Gasteiger partial charge in [0.1, 0.15) is 0 Å². The second-order valence-electron chi connectivity index (χ2n) is 3.63. The number of hydrogen-bond donors (Lipinski definition) is 1. The summed E-state index contributed by atoms with van der Waals surface area (Å²) in [7, 11) is 0. The summed E-state index contributed by atoms with van der Waals surface area (Å²) in [4.78, 5) is 0. The lowest BCUT2D eigenvalue weighted by Crippen LogP contribution is -2.27. The second-order valence-corrected chi connectivity index (χ2v) is 3.63. The van der Waals surface area contributed by atoms with Crippen molar-refractivity contribution < 1.29 is 13.2 Å². The molecule has 0 aromatic heterocycles. The van der Waals surface area contributed by atoms with Gasteiger partial charge in [0, 0.05) is 6.54 Å². The van der Waals surface area contributed by atoms with Gasteiger partial charge in [-0.25, -0.2) is 0 Å². The zero-order valence-corrected chi connectivity index (χ0v) is 9.38. The molecular formula is C12H13F3N2. The Balaban J connectivity index is 2.82. The molecule has 0 radical (unpaired) electrons. The summed E-state index contributed by atoms with van der Waals surface area (Å²) in [6.07, 6.45) is -3.79. The molecule has 1 unspecified atom stereocenters. The molecule has 0 saturated carbocycles. The Hall–Kier alpha value is -1.54. The lowest BCUT2D eigenvalue weighted by Gasteiger charge is -2.14. The minimum atomic E-state index is -4.35. The van der Waals surface area contributed by atoms with E-state index >= 15 is 0 Å². The number of benzene rings is 1. The van der Waals surface area contributed by atoms with Crippen LogP contribution in [-0.2, 0) is 12.7 Å². The summed E-state index contributed by atoms with van der Waals surface area (Å²) in [5, 5.41) is 11.5. The van der Waals surface area contributed by atoms with E-state index in [-0.39, 0.29) is 12.1 Å². The van der Waals surface area contributed by atoms with Crippen molar-refractivity contribution in [1.82, 2.24) is 5.32 Å². The van der Waals surface area contributed by atoms with E-state index in [2.05, 4.69) is 5.32 Å². The zero-order valence-electron chi connectivity index (χ0n) is 9.38. The van der Waals surface area contributed by atoms with Gasteiger partial charge in [-0.05, 0) is 18.1 Å². The molecule has 92 valence electrons. The van der Waals surface area contributed by atoms with Crippen molar-refractivity contribution in [2.75, 3.05) is 0 Å². The van der Waals surface area contributed by atoms with Gasteiger partial charge in [0.2, 0.25) is 0 Å². The molecule has 0 bridgehead atoms. The average Bonchev–Trinajstić information content (AvgIpc) is 2.29. The zero-order chi connectivity index (χ0) is 12.9. The van der Waals surface area contributed by atoms with Crippen LogP contribution in [0.5, 0.6) is 0 Å². The fourth-order valence-electron chi connectivity index (χ4n) is 1.47. The van der Waals surface area contributed by atoms with E-state index in [0.717, 1.165) is 6.07 Å². The highest BCUT2D eigenvalue weighted by Gasteiger charge is 2.32. The first kappa shape index (κ1) is 13.5. The first-order chi connectivity index (χ1) is 7.99. The number of alkyl halides is 3. The fourth-order valence-corrected chi connectivity index (χ4v) is 1.47. The van der Waals surface area contributed by atoms with Crippen LogP contribution in [0.3, 0.4) is 0 Å². The minimum absolute atomic E-state index is 0.0434. The van der Waals surface area contributed by atoms with Crippen LogP contribution < -0.4 is 5.32 Å². The number of nitrogens with zero attached hydrogens (tertiary/aromatic N) is 1. The third kappa shape index (κ3) is 3.75. The number of rotatable bonds is 4. The maximum Gasteiger partial charge on any atom is 0.416 e.